The first kappa shape index (κ1) is 29.1. The number of carboxylic acids is 1. The fraction of sp³-hybridized carbons (Fsp3) is 0.864. The van der Waals surface area contributed by atoms with E-state index >= 15 is 0 Å². The molecule has 0 bridgehead atoms. The highest BCUT2D eigenvalue weighted by atomic mass is 31.2. The molecule has 1 unspecified atom stereocenters. The van der Waals surface area contributed by atoms with Crippen molar-refractivity contribution in [3.63, 3.8) is 0 Å². The molecule has 2 N–H and O–H groups in total. The summed E-state index contributed by atoms with van der Waals surface area (Å²) in [6.07, 6.45) is 10.5. The van der Waals surface area contributed by atoms with Crippen molar-refractivity contribution in [2.75, 3.05) is 34.3 Å². The second-order valence-corrected chi connectivity index (χ2v) is 10.2. The number of unbranched alkanes of at least 4 members (excludes halogenated alkanes) is 9. The summed E-state index contributed by atoms with van der Waals surface area (Å²) >= 11 is 0. The van der Waals surface area contributed by atoms with Crippen LogP contribution >= 0.6 is 7.82 Å². The lowest BCUT2D eigenvalue weighted by atomic mass is 10.1. The molecule has 0 aromatic rings. The summed E-state index contributed by atoms with van der Waals surface area (Å²) in [5.41, 5.74) is 0. The molecule has 7 nitrogen and oxygen atoms in total. The fourth-order valence-electron chi connectivity index (χ4n) is 3.00. The highest BCUT2D eigenvalue weighted by molar-refractivity contribution is 7.47. The second-order valence-electron chi connectivity index (χ2n) is 8.78. The molecule has 8 heteroatoms. The molecule has 0 spiro atoms. The summed E-state index contributed by atoms with van der Waals surface area (Å²) in [5.74, 6) is 5.36. The van der Waals surface area contributed by atoms with Gasteiger partial charge in [-0.2, -0.15) is 0 Å². The van der Waals surface area contributed by atoms with Crippen LogP contribution in [-0.4, -0.2) is 60.9 Å². The number of rotatable bonds is 18. The Morgan fingerprint density at radius 2 is 1.50 bits per heavy atom. The monoisotopic (exact) mass is 448 g/mol. The number of phosphoric ester groups is 1. The van der Waals surface area contributed by atoms with Crippen LogP contribution in [0.25, 0.3) is 0 Å². The van der Waals surface area contributed by atoms with E-state index in [1.165, 1.54) is 32.1 Å². The summed E-state index contributed by atoms with van der Waals surface area (Å²) in [7, 11) is 1.31. The van der Waals surface area contributed by atoms with Crippen molar-refractivity contribution in [3.8, 4) is 11.8 Å². The molecular formula is C22H43NO6P+. The quantitative estimate of drug-likeness (QED) is 0.133. The molecule has 2 atom stereocenters. The first-order chi connectivity index (χ1) is 14.1. The predicted molar refractivity (Wildman–Crippen MR) is 120 cm³/mol. The molecule has 176 valence electrons. The number of likely N-dealkylation sites (N-methyl/N-ethyl adjacent to an activating group) is 1. The smallest absolute Gasteiger partial charge is 0.472 e. The molecule has 0 heterocycles. The molecule has 0 amide bonds. The Morgan fingerprint density at radius 1 is 0.967 bits per heavy atom. The minimum Gasteiger partial charge on any atom is -0.481 e. The van der Waals surface area contributed by atoms with Gasteiger partial charge in [-0.15, -0.1) is 11.8 Å². The molecule has 30 heavy (non-hydrogen) atoms. The zero-order chi connectivity index (χ0) is 22.9. The number of phosphoric acid groups is 1. The summed E-state index contributed by atoms with van der Waals surface area (Å²) in [6.45, 7) is 2.62. The van der Waals surface area contributed by atoms with Crippen LogP contribution in [0, 0.1) is 11.8 Å². The standard InChI is InChI=1S/C22H42NO6P/c1-5-6-7-8-9-10-11-12-13-14-15-16-17-18-28-30(26,27)29-21(19-22(24)25)20-23(2,3)4/h21H,5-10,13-20H2,1-4H3,(H-,24,25,26,27)/p+1/t21-/m1/s1. The van der Waals surface area contributed by atoms with E-state index in [4.69, 9.17) is 14.2 Å². The van der Waals surface area contributed by atoms with Gasteiger partial charge in [0.25, 0.3) is 0 Å². The van der Waals surface area contributed by atoms with Gasteiger partial charge in [-0.3, -0.25) is 13.8 Å². The molecule has 0 aliphatic carbocycles. The van der Waals surface area contributed by atoms with Crippen molar-refractivity contribution in [3.05, 3.63) is 0 Å². The Bertz CT molecular complexity index is 564. The van der Waals surface area contributed by atoms with Crippen LogP contribution in [0.4, 0.5) is 0 Å². The van der Waals surface area contributed by atoms with Gasteiger partial charge in [0.15, 0.2) is 0 Å². The van der Waals surface area contributed by atoms with Crippen LogP contribution in [0.3, 0.4) is 0 Å². The van der Waals surface area contributed by atoms with E-state index in [0.29, 0.717) is 17.4 Å². The van der Waals surface area contributed by atoms with E-state index in [0.717, 1.165) is 32.1 Å². The van der Waals surface area contributed by atoms with E-state index in [1.807, 2.05) is 21.1 Å². The number of hydrogen-bond acceptors (Lipinski definition) is 4. The van der Waals surface area contributed by atoms with E-state index in [9.17, 15) is 14.3 Å². The maximum atomic E-state index is 12.1. The lowest BCUT2D eigenvalue weighted by Crippen LogP contribution is -2.42. The van der Waals surface area contributed by atoms with Crippen molar-refractivity contribution < 1.29 is 32.9 Å². The van der Waals surface area contributed by atoms with Crippen molar-refractivity contribution >= 4 is 13.8 Å². The lowest BCUT2D eigenvalue weighted by molar-refractivity contribution is -0.873. The van der Waals surface area contributed by atoms with Crippen LogP contribution in [-0.2, 0) is 18.4 Å². The molecule has 0 radical (unpaired) electrons. The van der Waals surface area contributed by atoms with Gasteiger partial charge in [0.05, 0.1) is 34.2 Å². The van der Waals surface area contributed by atoms with Crippen molar-refractivity contribution in [1.29, 1.82) is 0 Å². The average Bonchev–Trinajstić information content (AvgIpc) is 2.59. The third kappa shape index (κ3) is 20.4. The summed E-state index contributed by atoms with van der Waals surface area (Å²) < 4.78 is 22.6. The number of quaternary nitrogens is 1. The Morgan fingerprint density at radius 3 is 2.00 bits per heavy atom. The highest BCUT2D eigenvalue weighted by Crippen LogP contribution is 2.45. The Labute approximate surface area is 183 Å². The van der Waals surface area contributed by atoms with Crippen molar-refractivity contribution in [2.45, 2.75) is 90.1 Å². The Kier molecular flexibility index (Phi) is 16.2. The number of carbonyl (C=O) groups is 1. The molecule has 0 aromatic carbocycles. The van der Waals surface area contributed by atoms with Crippen LogP contribution in [0.1, 0.15) is 84.0 Å². The maximum Gasteiger partial charge on any atom is 0.472 e. The number of aliphatic carboxylic acids is 1. The molecule has 0 saturated carbocycles. The van der Waals surface area contributed by atoms with Gasteiger partial charge < -0.3 is 14.5 Å². The minimum atomic E-state index is -4.27. The largest absolute Gasteiger partial charge is 0.481 e. The van der Waals surface area contributed by atoms with E-state index in [2.05, 4.69) is 18.8 Å². The zero-order valence-electron chi connectivity index (χ0n) is 19.4. The third-order valence-electron chi connectivity index (χ3n) is 4.42. The minimum absolute atomic E-state index is 0.112. The molecule has 0 aromatic heterocycles. The van der Waals surface area contributed by atoms with Gasteiger partial charge in [0.1, 0.15) is 12.6 Å². The van der Waals surface area contributed by atoms with Crippen LogP contribution < -0.4 is 0 Å². The molecule has 0 rings (SSSR count). The molecule has 0 saturated heterocycles. The molecular weight excluding hydrogens is 405 g/mol. The summed E-state index contributed by atoms with van der Waals surface area (Å²) in [5, 5.41) is 8.98. The molecule has 0 aliphatic heterocycles. The van der Waals surface area contributed by atoms with Crippen LogP contribution in [0.2, 0.25) is 0 Å². The van der Waals surface area contributed by atoms with E-state index < -0.39 is 19.9 Å². The van der Waals surface area contributed by atoms with Crippen molar-refractivity contribution in [1.82, 2.24) is 0 Å². The predicted octanol–water partition coefficient (Wildman–Crippen LogP) is 4.98. The van der Waals surface area contributed by atoms with Crippen LogP contribution in [0.5, 0.6) is 0 Å². The first-order valence-corrected chi connectivity index (χ1v) is 12.7. The summed E-state index contributed by atoms with van der Waals surface area (Å²) in [6, 6.07) is 0. The third-order valence-corrected chi connectivity index (χ3v) is 5.49. The van der Waals surface area contributed by atoms with Crippen molar-refractivity contribution in [2.24, 2.45) is 0 Å². The lowest BCUT2D eigenvalue weighted by Gasteiger charge is -2.29. The van der Waals surface area contributed by atoms with Gasteiger partial charge in [-0.05, 0) is 19.3 Å². The number of hydrogen-bond donors (Lipinski definition) is 2. The fourth-order valence-corrected chi connectivity index (χ4v) is 3.94. The van der Waals surface area contributed by atoms with Gasteiger partial charge >= 0.3 is 13.8 Å². The highest BCUT2D eigenvalue weighted by Gasteiger charge is 2.31. The first-order valence-electron chi connectivity index (χ1n) is 11.2. The van der Waals surface area contributed by atoms with Crippen LogP contribution in [0.15, 0.2) is 0 Å². The molecule has 0 fully saturated rings. The van der Waals surface area contributed by atoms with Gasteiger partial charge in [-0.1, -0.05) is 45.4 Å². The second kappa shape index (κ2) is 16.8. The van der Waals surface area contributed by atoms with Gasteiger partial charge in [-0.25, -0.2) is 4.57 Å². The average molecular weight is 449 g/mol. The Hall–Kier alpha value is -0.900. The number of nitrogens with zero attached hydrogens (tertiary/aromatic N) is 1. The van der Waals surface area contributed by atoms with Gasteiger partial charge in [0, 0.05) is 12.8 Å². The topological polar surface area (TPSA) is 93.1 Å². The summed E-state index contributed by atoms with van der Waals surface area (Å²) in [4.78, 5) is 20.8. The van der Waals surface area contributed by atoms with Gasteiger partial charge in [0.2, 0.25) is 0 Å². The van der Waals surface area contributed by atoms with E-state index in [-0.39, 0.29) is 13.0 Å². The SMILES string of the molecule is CCCCCCCC#CCCCCCCOP(=O)(O)O[C@H](CC(=O)O)C[N+](C)(C)C. The maximum absolute atomic E-state index is 12.1. The molecule has 0 aliphatic rings. The zero-order valence-corrected chi connectivity index (χ0v) is 20.3. The number of carboxylic acid groups (broad SMARTS) is 1. The Balaban J connectivity index is 3.90. The van der Waals surface area contributed by atoms with E-state index in [1.54, 1.807) is 0 Å². The normalized spacial score (nSPS) is 14.6.